The van der Waals surface area contributed by atoms with Crippen LogP contribution in [0.3, 0.4) is 0 Å². The summed E-state index contributed by atoms with van der Waals surface area (Å²) in [7, 11) is 3.16. The van der Waals surface area contributed by atoms with E-state index in [1.165, 1.54) is 0 Å². The number of aromatic nitrogens is 1. The third kappa shape index (κ3) is 5.15. The van der Waals surface area contributed by atoms with Crippen molar-refractivity contribution in [1.82, 2.24) is 4.57 Å². The highest BCUT2D eigenvalue weighted by Crippen LogP contribution is 2.23. The van der Waals surface area contributed by atoms with Crippen molar-refractivity contribution in [2.24, 2.45) is 0 Å². The van der Waals surface area contributed by atoms with Gasteiger partial charge in [0, 0.05) is 35.5 Å². The number of carbonyl (C=O) groups is 2. The van der Waals surface area contributed by atoms with Crippen LogP contribution in [0.15, 0.2) is 24.3 Å². The van der Waals surface area contributed by atoms with Gasteiger partial charge in [0.05, 0.1) is 14.2 Å². The van der Waals surface area contributed by atoms with Gasteiger partial charge in [0.1, 0.15) is 11.5 Å². The van der Waals surface area contributed by atoms with Crippen molar-refractivity contribution >= 4 is 11.8 Å². The maximum atomic E-state index is 12.5. The number of hydrogen-bond donors (Lipinski definition) is 0. The maximum Gasteiger partial charge on any atom is 0.306 e. The van der Waals surface area contributed by atoms with Crippen LogP contribution in [0.4, 0.5) is 0 Å². The SMILES string of the molecule is COc1cc(CCC(=O)OCC(=O)c2cc(C)n(C(C)C)c2C)cc(OC)c1. The summed E-state index contributed by atoms with van der Waals surface area (Å²) in [5.74, 6) is 0.737. The van der Waals surface area contributed by atoms with Crippen LogP contribution in [0.1, 0.15) is 53.6 Å². The Morgan fingerprint density at radius 1 is 1.00 bits per heavy atom. The molecule has 1 aromatic carbocycles. The van der Waals surface area contributed by atoms with Gasteiger partial charge in [-0.1, -0.05) is 0 Å². The Morgan fingerprint density at radius 3 is 2.11 bits per heavy atom. The topological polar surface area (TPSA) is 66.8 Å². The van der Waals surface area contributed by atoms with E-state index in [1.54, 1.807) is 20.3 Å². The van der Waals surface area contributed by atoms with Crippen LogP contribution in [0.2, 0.25) is 0 Å². The first-order valence-electron chi connectivity index (χ1n) is 9.36. The van der Waals surface area contributed by atoms with E-state index < -0.39 is 5.97 Å². The fourth-order valence-electron chi connectivity index (χ4n) is 3.41. The maximum absolute atomic E-state index is 12.5. The van der Waals surface area contributed by atoms with E-state index >= 15 is 0 Å². The van der Waals surface area contributed by atoms with Crippen molar-refractivity contribution in [1.29, 1.82) is 0 Å². The molecule has 0 bridgehead atoms. The number of rotatable bonds is 9. The Hall–Kier alpha value is -2.76. The van der Waals surface area contributed by atoms with E-state index in [2.05, 4.69) is 18.4 Å². The largest absolute Gasteiger partial charge is 0.497 e. The molecule has 0 amide bonds. The van der Waals surface area contributed by atoms with E-state index in [-0.39, 0.29) is 24.9 Å². The normalized spacial score (nSPS) is 10.8. The molecule has 0 aliphatic rings. The number of carbonyl (C=O) groups excluding carboxylic acids is 2. The Bertz CT molecular complexity index is 829. The third-order valence-electron chi connectivity index (χ3n) is 4.69. The van der Waals surface area contributed by atoms with Crippen LogP contribution in [0, 0.1) is 13.8 Å². The molecule has 0 aliphatic heterocycles. The Labute approximate surface area is 166 Å². The lowest BCUT2D eigenvalue weighted by atomic mass is 10.1. The average Bonchev–Trinajstić information content (AvgIpc) is 2.98. The predicted molar refractivity (Wildman–Crippen MR) is 107 cm³/mol. The summed E-state index contributed by atoms with van der Waals surface area (Å²) in [6.45, 7) is 7.78. The Morgan fingerprint density at radius 2 is 1.61 bits per heavy atom. The minimum Gasteiger partial charge on any atom is -0.497 e. The van der Waals surface area contributed by atoms with Crippen LogP contribution < -0.4 is 9.47 Å². The zero-order valence-corrected chi connectivity index (χ0v) is 17.5. The average molecular weight is 387 g/mol. The molecular formula is C22H29NO5. The highest BCUT2D eigenvalue weighted by atomic mass is 16.5. The monoisotopic (exact) mass is 387 g/mol. The molecule has 6 nitrogen and oxygen atoms in total. The van der Waals surface area contributed by atoms with Crippen molar-refractivity contribution in [3.63, 3.8) is 0 Å². The van der Waals surface area contributed by atoms with Crippen LogP contribution in [-0.2, 0) is 16.0 Å². The molecule has 0 fully saturated rings. The third-order valence-corrected chi connectivity index (χ3v) is 4.69. The summed E-state index contributed by atoms with van der Waals surface area (Å²) < 4.78 is 17.8. The minimum absolute atomic E-state index is 0.175. The molecule has 0 N–H and O–H groups in total. The molecule has 0 atom stereocenters. The first kappa shape index (κ1) is 21.5. The molecule has 1 aromatic heterocycles. The first-order valence-corrected chi connectivity index (χ1v) is 9.36. The van der Waals surface area contributed by atoms with Gasteiger partial charge < -0.3 is 18.8 Å². The first-order chi connectivity index (χ1) is 13.3. The zero-order chi connectivity index (χ0) is 20.8. The minimum atomic E-state index is -0.409. The second-order valence-electron chi connectivity index (χ2n) is 7.05. The lowest BCUT2D eigenvalue weighted by molar-refractivity contribution is -0.142. The molecule has 2 rings (SSSR count). The van der Waals surface area contributed by atoms with Crippen LogP contribution in [0.5, 0.6) is 11.5 Å². The van der Waals surface area contributed by atoms with Gasteiger partial charge >= 0.3 is 5.97 Å². The summed E-state index contributed by atoms with van der Waals surface area (Å²) in [5.41, 5.74) is 3.43. The van der Waals surface area contributed by atoms with E-state index in [0.717, 1.165) is 17.0 Å². The van der Waals surface area contributed by atoms with Crippen molar-refractivity contribution < 1.29 is 23.8 Å². The van der Waals surface area contributed by atoms with Crippen LogP contribution in [-0.4, -0.2) is 37.1 Å². The predicted octanol–water partition coefficient (Wildman–Crippen LogP) is 4.06. The lowest BCUT2D eigenvalue weighted by Crippen LogP contribution is -2.15. The van der Waals surface area contributed by atoms with Gasteiger partial charge in [0.2, 0.25) is 5.78 Å². The van der Waals surface area contributed by atoms with E-state index in [0.29, 0.717) is 23.5 Å². The molecule has 0 radical (unpaired) electrons. The summed E-state index contributed by atoms with van der Waals surface area (Å²) in [5, 5.41) is 0. The van der Waals surface area contributed by atoms with Gasteiger partial charge in [-0.05, 0) is 57.9 Å². The Kier molecular flexibility index (Phi) is 7.26. The van der Waals surface area contributed by atoms with Gasteiger partial charge in [-0.25, -0.2) is 0 Å². The zero-order valence-electron chi connectivity index (χ0n) is 17.5. The molecule has 2 aromatic rings. The number of nitrogens with zero attached hydrogens (tertiary/aromatic N) is 1. The number of ketones is 1. The molecule has 6 heteroatoms. The van der Waals surface area contributed by atoms with Crippen LogP contribution >= 0.6 is 0 Å². The second kappa shape index (κ2) is 9.44. The quantitative estimate of drug-likeness (QED) is 0.479. The van der Waals surface area contributed by atoms with Crippen molar-refractivity contribution in [3.8, 4) is 11.5 Å². The second-order valence-corrected chi connectivity index (χ2v) is 7.05. The number of aryl methyl sites for hydroxylation is 2. The number of ether oxygens (including phenoxy) is 3. The number of esters is 1. The van der Waals surface area contributed by atoms with Gasteiger partial charge in [-0.15, -0.1) is 0 Å². The van der Waals surface area contributed by atoms with Gasteiger partial charge in [-0.2, -0.15) is 0 Å². The molecule has 0 aliphatic carbocycles. The van der Waals surface area contributed by atoms with E-state index in [1.807, 2.05) is 32.0 Å². The molecule has 152 valence electrons. The fraction of sp³-hybridized carbons (Fsp3) is 0.455. The molecule has 28 heavy (non-hydrogen) atoms. The number of methoxy groups -OCH3 is 2. The summed E-state index contributed by atoms with van der Waals surface area (Å²) in [6.07, 6.45) is 0.650. The van der Waals surface area contributed by atoms with Crippen molar-refractivity contribution in [2.75, 3.05) is 20.8 Å². The highest BCUT2D eigenvalue weighted by molar-refractivity contribution is 5.99. The Balaban J connectivity index is 1.93. The fourth-order valence-corrected chi connectivity index (χ4v) is 3.41. The lowest BCUT2D eigenvalue weighted by Gasteiger charge is -2.13. The summed E-state index contributed by atoms with van der Waals surface area (Å²) in [4.78, 5) is 24.6. The summed E-state index contributed by atoms with van der Waals surface area (Å²) >= 11 is 0. The van der Waals surface area contributed by atoms with E-state index in [9.17, 15) is 9.59 Å². The number of Topliss-reactive ketones (excluding diaryl/α,β-unsaturated/α-hetero) is 1. The molecule has 1 heterocycles. The van der Waals surface area contributed by atoms with Crippen molar-refractivity contribution in [2.45, 2.75) is 46.6 Å². The molecule has 0 saturated carbocycles. The highest BCUT2D eigenvalue weighted by Gasteiger charge is 2.18. The molecular weight excluding hydrogens is 358 g/mol. The van der Waals surface area contributed by atoms with Gasteiger partial charge in [-0.3, -0.25) is 9.59 Å². The van der Waals surface area contributed by atoms with Crippen LogP contribution in [0.25, 0.3) is 0 Å². The molecule has 0 saturated heterocycles. The van der Waals surface area contributed by atoms with Crippen molar-refractivity contribution in [3.05, 3.63) is 46.8 Å². The standard InChI is InChI=1S/C22H29NO5/c1-14(2)23-15(3)9-20(16(23)4)21(24)13-28-22(25)8-7-17-10-18(26-5)12-19(11-17)27-6/h9-12,14H,7-8,13H2,1-6H3. The molecule has 0 unspecified atom stereocenters. The van der Waals surface area contributed by atoms with E-state index in [4.69, 9.17) is 14.2 Å². The molecule has 0 spiro atoms. The van der Waals surface area contributed by atoms with Gasteiger partial charge in [0.25, 0.3) is 0 Å². The smallest absolute Gasteiger partial charge is 0.306 e. The number of benzene rings is 1. The number of hydrogen-bond acceptors (Lipinski definition) is 5. The van der Waals surface area contributed by atoms with Gasteiger partial charge in [0.15, 0.2) is 6.61 Å². The summed E-state index contributed by atoms with van der Waals surface area (Å²) in [6, 6.07) is 7.59.